The molecule has 2 aromatic heterocycles. The van der Waals surface area contributed by atoms with E-state index < -0.39 is 6.43 Å². The minimum Gasteiger partial charge on any atom is -0.298 e. The second-order valence-corrected chi connectivity index (χ2v) is 5.46. The lowest BCUT2D eigenvalue weighted by atomic mass is 10.1. The van der Waals surface area contributed by atoms with Crippen LogP contribution in [-0.2, 0) is 13.1 Å². The Bertz CT molecular complexity index is 593. The average Bonchev–Trinajstić information content (AvgIpc) is 3.11. The predicted octanol–water partition coefficient (Wildman–Crippen LogP) is 1.56. The van der Waals surface area contributed by atoms with Gasteiger partial charge in [-0.15, -0.1) is 0 Å². The van der Waals surface area contributed by atoms with Crippen molar-refractivity contribution in [3.63, 3.8) is 0 Å². The highest BCUT2D eigenvalue weighted by Gasteiger charge is 2.26. The van der Waals surface area contributed by atoms with Crippen LogP contribution in [0, 0.1) is 6.92 Å². The van der Waals surface area contributed by atoms with Crippen molar-refractivity contribution < 1.29 is 8.78 Å². The van der Waals surface area contributed by atoms with Crippen LogP contribution in [0.25, 0.3) is 0 Å². The van der Waals surface area contributed by atoms with E-state index in [0.29, 0.717) is 5.92 Å². The van der Waals surface area contributed by atoms with E-state index in [1.54, 1.807) is 12.4 Å². The molecule has 0 spiro atoms. The van der Waals surface area contributed by atoms with E-state index in [2.05, 4.69) is 25.2 Å². The van der Waals surface area contributed by atoms with Crippen molar-refractivity contribution in [1.29, 1.82) is 0 Å². The number of halogens is 2. The first-order valence-corrected chi connectivity index (χ1v) is 7.01. The molecular weight excluding hydrogens is 278 g/mol. The zero-order chi connectivity index (χ0) is 14.8. The number of hydrogen-bond acceptors (Lipinski definition) is 4. The van der Waals surface area contributed by atoms with Crippen LogP contribution < -0.4 is 0 Å². The van der Waals surface area contributed by atoms with Crippen LogP contribution in [0.5, 0.6) is 0 Å². The van der Waals surface area contributed by atoms with Gasteiger partial charge in [0.05, 0.1) is 6.20 Å². The van der Waals surface area contributed by atoms with Crippen molar-refractivity contribution in [1.82, 2.24) is 29.9 Å². The molecule has 1 saturated heterocycles. The molecule has 3 rings (SSSR count). The Morgan fingerprint density at radius 1 is 1.48 bits per heavy atom. The highest BCUT2D eigenvalue weighted by atomic mass is 19.3. The molecule has 1 atom stereocenters. The maximum atomic E-state index is 12.3. The molecule has 0 saturated carbocycles. The predicted molar refractivity (Wildman–Crippen MR) is 72.0 cm³/mol. The van der Waals surface area contributed by atoms with E-state index in [1.807, 2.05) is 6.92 Å². The van der Waals surface area contributed by atoms with Gasteiger partial charge in [-0.25, -0.2) is 13.8 Å². The lowest BCUT2D eigenvalue weighted by Gasteiger charge is -2.13. The Morgan fingerprint density at radius 2 is 2.33 bits per heavy atom. The molecule has 1 aliphatic rings. The average molecular weight is 296 g/mol. The Morgan fingerprint density at radius 3 is 3.05 bits per heavy atom. The number of H-pyrrole nitrogens is 1. The summed E-state index contributed by atoms with van der Waals surface area (Å²) in [5.41, 5.74) is 0.961. The Balaban J connectivity index is 1.56. The monoisotopic (exact) mass is 296 g/mol. The van der Waals surface area contributed by atoms with Gasteiger partial charge >= 0.3 is 0 Å². The van der Waals surface area contributed by atoms with Crippen molar-refractivity contribution in [3.8, 4) is 0 Å². The number of rotatable bonds is 5. The fraction of sp³-hybridized carbons (Fsp3) is 0.615. The smallest absolute Gasteiger partial charge is 0.257 e. The van der Waals surface area contributed by atoms with E-state index >= 15 is 0 Å². The maximum Gasteiger partial charge on any atom is 0.257 e. The molecule has 0 bridgehead atoms. The van der Waals surface area contributed by atoms with Gasteiger partial charge in [0.2, 0.25) is 0 Å². The number of nitrogens with one attached hydrogen (secondary N) is 1. The van der Waals surface area contributed by atoms with Gasteiger partial charge in [0.15, 0.2) is 5.82 Å². The number of aromatic nitrogens is 5. The Labute approximate surface area is 121 Å². The van der Waals surface area contributed by atoms with Crippen molar-refractivity contribution in [2.45, 2.75) is 38.8 Å². The third kappa shape index (κ3) is 3.44. The van der Waals surface area contributed by atoms with E-state index in [0.717, 1.165) is 43.3 Å². The highest BCUT2D eigenvalue weighted by Crippen LogP contribution is 2.25. The van der Waals surface area contributed by atoms with E-state index in [-0.39, 0.29) is 6.54 Å². The normalized spacial score (nSPS) is 19.7. The van der Waals surface area contributed by atoms with Crippen LogP contribution in [-0.4, -0.2) is 49.4 Å². The summed E-state index contributed by atoms with van der Waals surface area (Å²) in [6.45, 7) is 4.11. The summed E-state index contributed by atoms with van der Waals surface area (Å²) in [5, 5.41) is 11.0. The van der Waals surface area contributed by atoms with Crippen molar-refractivity contribution in [2.24, 2.45) is 0 Å². The minimum atomic E-state index is -2.37. The molecule has 0 radical (unpaired) electrons. The molecule has 2 aromatic rings. The molecule has 3 heterocycles. The van der Waals surface area contributed by atoms with E-state index in [9.17, 15) is 8.78 Å². The summed E-state index contributed by atoms with van der Waals surface area (Å²) in [6, 6.07) is 0. The maximum absolute atomic E-state index is 12.3. The largest absolute Gasteiger partial charge is 0.298 e. The number of aryl methyl sites for hydroxylation is 1. The number of likely N-dealkylation sites (tertiary alicyclic amines) is 1. The first-order chi connectivity index (χ1) is 10.1. The molecule has 1 unspecified atom stereocenters. The van der Waals surface area contributed by atoms with Crippen LogP contribution in [0.4, 0.5) is 8.78 Å². The molecule has 114 valence electrons. The van der Waals surface area contributed by atoms with Gasteiger partial charge in [-0.1, -0.05) is 0 Å². The van der Waals surface area contributed by atoms with Crippen molar-refractivity contribution in [2.75, 3.05) is 13.1 Å². The molecule has 0 amide bonds. The van der Waals surface area contributed by atoms with E-state index in [1.165, 1.54) is 4.68 Å². The quantitative estimate of drug-likeness (QED) is 0.909. The van der Waals surface area contributed by atoms with Gasteiger partial charge in [0.25, 0.3) is 6.43 Å². The third-order valence-corrected chi connectivity index (χ3v) is 3.67. The molecule has 1 N–H and O–H groups in total. The van der Waals surface area contributed by atoms with Crippen LogP contribution in [0.3, 0.4) is 0 Å². The molecule has 1 aliphatic heterocycles. The third-order valence-electron chi connectivity index (χ3n) is 3.67. The highest BCUT2D eigenvalue weighted by molar-refractivity contribution is 5.07. The number of alkyl halides is 2. The molecule has 0 aliphatic carbocycles. The lowest BCUT2D eigenvalue weighted by molar-refractivity contribution is 0.122. The molecule has 1 fully saturated rings. The topological polar surface area (TPSA) is 62.6 Å². The summed E-state index contributed by atoms with van der Waals surface area (Å²) in [5.74, 6) is 2.03. The summed E-state index contributed by atoms with van der Waals surface area (Å²) >= 11 is 0. The van der Waals surface area contributed by atoms with Crippen molar-refractivity contribution in [3.05, 3.63) is 29.6 Å². The first kappa shape index (κ1) is 14.1. The van der Waals surface area contributed by atoms with Gasteiger partial charge in [0.1, 0.15) is 12.4 Å². The van der Waals surface area contributed by atoms with Gasteiger partial charge in [-0.05, 0) is 19.9 Å². The van der Waals surface area contributed by atoms with Crippen LogP contribution in [0.15, 0.2) is 12.4 Å². The molecule has 8 heteroatoms. The fourth-order valence-electron chi connectivity index (χ4n) is 2.72. The fourth-order valence-corrected chi connectivity index (χ4v) is 2.72. The molecule has 21 heavy (non-hydrogen) atoms. The number of aromatic amines is 1. The second-order valence-electron chi connectivity index (χ2n) is 5.46. The van der Waals surface area contributed by atoms with Gasteiger partial charge in [-0.2, -0.15) is 10.2 Å². The van der Waals surface area contributed by atoms with Crippen LogP contribution in [0.1, 0.15) is 29.6 Å². The first-order valence-electron chi connectivity index (χ1n) is 7.01. The molecular formula is C13H18F2N6. The summed E-state index contributed by atoms with van der Waals surface area (Å²) < 4.78 is 25.9. The molecule has 0 aromatic carbocycles. The van der Waals surface area contributed by atoms with Crippen molar-refractivity contribution >= 4 is 0 Å². The summed E-state index contributed by atoms with van der Waals surface area (Å²) in [6.07, 6.45) is 1.99. The molecule has 6 nitrogen and oxygen atoms in total. The van der Waals surface area contributed by atoms with Gasteiger partial charge in [-0.3, -0.25) is 14.7 Å². The van der Waals surface area contributed by atoms with Crippen LogP contribution >= 0.6 is 0 Å². The minimum absolute atomic E-state index is 0.339. The number of hydrogen-bond donors (Lipinski definition) is 1. The Hall–Kier alpha value is -1.83. The summed E-state index contributed by atoms with van der Waals surface area (Å²) in [4.78, 5) is 6.66. The zero-order valence-corrected chi connectivity index (χ0v) is 11.8. The van der Waals surface area contributed by atoms with Gasteiger partial charge in [0, 0.05) is 30.8 Å². The van der Waals surface area contributed by atoms with Gasteiger partial charge < -0.3 is 0 Å². The SMILES string of the molecule is Cc1nc(C2CCN(Cc3cnn(CC(F)F)c3)C2)n[nH]1. The number of nitrogens with zero attached hydrogens (tertiary/aromatic N) is 5. The second kappa shape index (κ2) is 5.88. The standard InChI is InChI=1S/C13H18F2N6/c1-9-17-13(19-18-9)11-2-3-20(7-11)5-10-4-16-21(6-10)8-12(14)15/h4,6,11-12H,2-3,5,7-8H2,1H3,(H,17,18,19). The lowest BCUT2D eigenvalue weighted by Crippen LogP contribution is -2.19. The Kier molecular flexibility index (Phi) is 3.96. The van der Waals surface area contributed by atoms with Crippen LogP contribution in [0.2, 0.25) is 0 Å². The zero-order valence-electron chi connectivity index (χ0n) is 11.8. The summed E-state index contributed by atoms with van der Waals surface area (Å²) in [7, 11) is 0. The van der Waals surface area contributed by atoms with E-state index in [4.69, 9.17) is 0 Å².